The summed E-state index contributed by atoms with van der Waals surface area (Å²) in [7, 11) is 3.31. The van der Waals surface area contributed by atoms with Crippen LogP contribution in [0.25, 0.3) is 0 Å². The van der Waals surface area contributed by atoms with Crippen LogP contribution < -0.4 is 20.5 Å². The van der Waals surface area contributed by atoms with Gasteiger partial charge in [-0.2, -0.15) is 0 Å². The first-order valence-corrected chi connectivity index (χ1v) is 8.03. The molecule has 0 aliphatic carbocycles. The van der Waals surface area contributed by atoms with Gasteiger partial charge in [0, 0.05) is 12.2 Å². The second-order valence-electron chi connectivity index (χ2n) is 5.37. The molecule has 0 aliphatic heterocycles. The number of methoxy groups -OCH3 is 2. The summed E-state index contributed by atoms with van der Waals surface area (Å²) in [4.78, 5) is 4.39. The third kappa shape index (κ3) is 4.91. The Morgan fingerprint density at radius 2 is 1.96 bits per heavy atom. The molecular formula is C19H25N3O2. The Labute approximate surface area is 143 Å². The lowest BCUT2D eigenvalue weighted by Crippen LogP contribution is -2.23. The normalized spacial score (nSPS) is 11.2. The van der Waals surface area contributed by atoms with Gasteiger partial charge in [-0.25, -0.2) is 0 Å². The van der Waals surface area contributed by atoms with E-state index in [1.165, 1.54) is 5.56 Å². The maximum absolute atomic E-state index is 5.97. The molecule has 0 unspecified atom stereocenters. The van der Waals surface area contributed by atoms with Gasteiger partial charge in [0.1, 0.15) is 11.5 Å². The van der Waals surface area contributed by atoms with E-state index in [0.29, 0.717) is 12.5 Å². The van der Waals surface area contributed by atoms with E-state index in [1.54, 1.807) is 14.2 Å². The predicted octanol–water partition coefficient (Wildman–Crippen LogP) is 3.24. The minimum atomic E-state index is 0.408. The van der Waals surface area contributed by atoms with Gasteiger partial charge in [0.2, 0.25) is 0 Å². The first kappa shape index (κ1) is 17.7. The van der Waals surface area contributed by atoms with E-state index in [0.717, 1.165) is 35.6 Å². The van der Waals surface area contributed by atoms with Gasteiger partial charge in [0.15, 0.2) is 5.96 Å². The Morgan fingerprint density at radius 1 is 1.12 bits per heavy atom. The highest BCUT2D eigenvalue weighted by Gasteiger charge is 2.05. The lowest BCUT2D eigenvalue weighted by Gasteiger charge is -2.10. The van der Waals surface area contributed by atoms with E-state index >= 15 is 0 Å². The van der Waals surface area contributed by atoms with Crippen LogP contribution in [0.1, 0.15) is 18.1 Å². The third-order valence-electron chi connectivity index (χ3n) is 3.76. The van der Waals surface area contributed by atoms with E-state index in [2.05, 4.69) is 29.4 Å². The number of aryl methyl sites for hydroxylation is 1. The van der Waals surface area contributed by atoms with Crippen molar-refractivity contribution in [1.29, 1.82) is 0 Å². The zero-order chi connectivity index (χ0) is 17.4. The van der Waals surface area contributed by atoms with Crippen LogP contribution in [-0.4, -0.2) is 26.7 Å². The molecule has 3 N–H and O–H groups in total. The number of ether oxygens (including phenoxy) is 2. The molecule has 0 aliphatic rings. The summed E-state index contributed by atoms with van der Waals surface area (Å²) in [6.07, 6.45) is 1.71. The third-order valence-corrected chi connectivity index (χ3v) is 3.76. The van der Waals surface area contributed by atoms with Crippen molar-refractivity contribution < 1.29 is 9.47 Å². The average molecular weight is 327 g/mol. The van der Waals surface area contributed by atoms with Gasteiger partial charge in [0.25, 0.3) is 0 Å². The molecule has 5 nitrogen and oxygen atoms in total. The summed E-state index contributed by atoms with van der Waals surface area (Å²) in [6, 6.07) is 13.9. The van der Waals surface area contributed by atoms with E-state index in [9.17, 15) is 0 Å². The van der Waals surface area contributed by atoms with Crippen molar-refractivity contribution in [2.24, 2.45) is 10.7 Å². The summed E-state index contributed by atoms with van der Waals surface area (Å²) in [6.45, 7) is 2.69. The smallest absolute Gasteiger partial charge is 0.193 e. The number of hydrogen-bond donors (Lipinski definition) is 2. The number of nitrogens with zero attached hydrogens (tertiary/aromatic N) is 1. The highest BCUT2D eigenvalue weighted by Crippen LogP contribution is 2.24. The number of aliphatic imine (C=N–C) groups is 1. The van der Waals surface area contributed by atoms with Gasteiger partial charge in [-0.3, -0.25) is 4.99 Å². The number of guanidine groups is 1. The van der Waals surface area contributed by atoms with E-state index < -0.39 is 0 Å². The van der Waals surface area contributed by atoms with Crippen molar-refractivity contribution in [2.75, 3.05) is 26.1 Å². The van der Waals surface area contributed by atoms with E-state index in [1.807, 2.05) is 30.3 Å². The molecule has 0 heterocycles. The maximum Gasteiger partial charge on any atom is 0.193 e. The lowest BCUT2D eigenvalue weighted by atomic mass is 10.1. The van der Waals surface area contributed by atoms with Crippen LogP contribution >= 0.6 is 0 Å². The van der Waals surface area contributed by atoms with Crippen LogP contribution in [0.4, 0.5) is 5.69 Å². The minimum Gasteiger partial charge on any atom is -0.497 e. The fourth-order valence-corrected chi connectivity index (χ4v) is 2.43. The lowest BCUT2D eigenvalue weighted by molar-refractivity contribution is 0.399. The fourth-order valence-electron chi connectivity index (χ4n) is 2.43. The molecule has 0 spiro atoms. The van der Waals surface area contributed by atoms with Crippen molar-refractivity contribution in [3.63, 3.8) is 0 Å². The first-order valence-electron chi connectivity index (χ1n) is 8.03. The van der Waals surface area contributed by atoms with Crippen molar-refractivity contribution in [3.05, 3.63) is 53.6 Å². The molecule has 5 heteroatoms. The zero-order valence-corrected chi connectivity index (χ0v) is 14.5. The standard InChI is InChI=1S/C19H25N3O2/c1-4-14-6-5-7-16(12-14)22-19(20)21-11-10-15-13-17(23-2)8-9-18(15)24-3/h5-9,12-13H,4,10-11H2,1-3H3,(H3,20,21,22). The number of anilines is 1. The number of benzene rings is 2. The second kappa shape index (κ2) is 8.82. The fraction of sp³-hybridized carbons (Fsp3) is 0.316. The van der Waals surface area contributed by atoms with Crippen LogP contribution in [0.15, 0.2) is 47.5 Å². The van der Waals surface area contributed by atoms with Crippen molar-refractivity contribution in [1.82, 2.24) is 0 Å². The molecule has 0 aromatic heterocycles. The maximum atomic E-state index is 5.97. The van der Waals surface area contributed by atoms with Gasteiger partial charge < -0.3 is 20.5 Å². The van der Waals surface area contributed by atoms with Crippen molar-refractivity contribution >= 4 is 11.6 Å². The molecule has 0 fully saturated rings. The molecular weight excluding hydrogens is 302 g/mol. The topological polar surface area (TPSA) is 68.9 Å². The quantitative estimate of drug-likeness (QED) is 0.605. The highest BCUT2D eigenvalue weighted by molar-refractivity contribution is 5.92. The van der Waals surface area contributed by atoms with Crippen molar-refractivity contribution in [3.8, 4) is 11.5 Å². The number of nitrogens with two attached hydrogens (primary N) is 1. The van der Waals surface area contributed by atoms with Gasteiger partial charge in [-0.1, -0.05) is 19.1 Å². The molecule has 0 amide bonds. The summed E-state index contributed by atoms with van der Waals surface area (Å²) >= 11 is 0. The van der Waals surface area contributed by atoms with E-state index in [4.69, 9.17) is 15.2 Å². The molecule has 0 atom stereocenters. The molecule has 24 heavy (non-hydrogen) atoms. The van der Waals surface area contributed by atoms with Crippen LogP contribution in [0.3, 0.4) is 0 Å². The molecule has 0 bridgehead atoms. The second-order valence-corrected chi connectivity index (χ2v) is 5.37. The number of hydrogen-bond acceptors (Lipinski definition) is 3. The molecule has 0 saturated carbocycles. The van der Waals surface area contributed by atoms with Gasteiger partial charge in [0.05, 0.1) is 14.2 Å². The Balaban J connectivity index is 1.97. The summed E-state index contributed by atoms with van der Waals surface area (Å²) < 4.78 is 10.6. The molecule has 2 aromatic carbocycles. The minimum absolute atomic E-state index is 0.408. The molecule has 0 saturated heterocycles. The van der Waals surface area contributed by atoms with Crippen molar-refractivity contribution in [2.45, 2.75) is 19.8 Å². The van der Waals surface area contributed by atoms with Gasteiger partial charge in [-0.05, 0) is 54.3 Å². The average Bonchev–Trinajstić information content (AvgIpc) is 2.61. The van der Waals surface area contributed by atoms with Gasteiger partial charge >= 0.3 is 0 Å². The molecule has 2 rings (SSSR count). The summed E-state index contributed by atoms with van der Waals surface area (Å²) in [5, 5.41) is 3.13. The molecule has 2 aromatic rings. The SMILES string of the molecule is CCc1cccc(NC(N)=NCCc2cc(OC)ccc2OC)c1. The number of nitrogens with one attached hydrogen (secondary N) is 1. The Morgan fingerprint density at radius 3 is 2.67 bits per heavy atom. The molecule has 0 radical (unpaired) electrons. The van der Waals surface area contributed by atoms with Crippen LogP contribution in [0, 0.1) is 0 Å². The van der Waals surface area contributed by atoms with E-state index in [-0.39, 0.29) is 0 Å². The van der Waals surface area contributed by atoms with Gasteiger partial charge in [-0.15, -0.1) is 0 Å². The summed E-state index contributed by atoms with van der Waals surface area (Å²) in [5.41, 5.74) is 9.23. The zero-order valence-electron chi connectivity index (χ0n) is 14.5. The first-order chi connectivity index (χ1) is 11.7. The monoisotopic (exact) mass is 327 g/mol. The molecule has 128 valence electrons. The highest BCUT2D eigenvalue weighted by atomic mass is 16.5. The van der Waals surface area contributed by atoms with Crippen LogP contribution in [0.5, 0.6) is 11.5 Å². The Bertz CT molecular complexity index is 699. The van der Waals surface area contributed by atoms with Crippen LogP contribution in [0.2, 0.25) is 0 Å². The largest absolute Gasteiger partial charge is 0.497 e. The number of rotatable bonds is 7. The predicted molar refractivity (Wildman–Crippen MR) is 99.2 cm³/mol. The summed E-state index contributed by atoms with van der Waals surface area (Å²) in [5.74, 6) is 2.04. The Hall–Kier alpha value is -2.69. The Kier molecular flexibility index (Phi) is 6.49. The van der Waals surface area contributed by atoms with Crippen LogP contribution in [-0.2, 0) is 12.8 Å².